The van der Waals surface area contributed by atoms with Crippen LogP contribution in [0.15, 0.2) is 52.0 Å². The predicted octanol–water partition coefficient (Wildman–Crippen LogP) is 1.95. The predicted molar refractivity (Wildman–Crippen MR) is 63.0 cm³/mol. The fourth-order valence-electron chi connectivity index (χ4n) is 1.47. The Labute approximate surface area is 104 Å². The summed E-state index contributed by atoms with van der Waals surface area (Å²) in [7, 11) is -3.51. The lowest BCUT2D eigenvalue weighted by atomic mass is 10.3. The summed E-state index contributed by atoms with van der Waals surface area (Å²) in [6.07, 6.45) is 1.03. The number of furan rings is 1. The van der Waals surface area contributed by atoms with Gasteiger partial charge in [-0.2, -0.15) is 0 Å². The van der Waals surface area contributed by atoms with Crippen LogP contribution in [-0.2, 0) is 15.6 Å². The second kappa shape index (κ2) is 4.66. The molecule has 0 radical (unpaired) electrons. The molecule has 1 heterocycles. The molecular formula is C12H10O5S. The fourth-order valence-corrected chi connectivity index (χ4v) is 2.73. The number of carboxylic acid groups (broad SMARTS) is 1. The van der Waals surface area contributed by atoms with Crippen LogP contribution in [0.4, 0.5) is 0 Å². The molecule has 0 unspecified atom stereocenters. The van der Waals surface area contributed by atoms with Crippen LogP contribution < -0.4 is 0 Å². The van der Waals surface area contributed by atoms with Crippen molar-refractivity contribution in [2.24, 2.45) is 0 Å². The molecule has 0 aliphatic carbocycles. The van der Waals surface area contributed by atoms with Gasteiger partial charge in [0, 0.05) is 0 Å². The van der Waals surface area contributed by atoms with E-state index in [1.165, 1.54) is 18.2 Å². The molecule has 18 heavy (non-hydrogen) atoms. The highest BCUT2D eigenvalue weighted by Crippen LogP contribution is 2.17. The van der Waals surface area contributed by atoms with E-state index in [0.29, 0.717) is 0 Å². The molecule has 1 aromatic heterocycles. The Morgan fingerprint density at radius 1 is 1.22 bits per heavy atom. The molecule has 0 saturated carbocycles. The summed E-state index contributed by atoms with van der Waals surface area (Å²) in [4.78, 5) is 10.8. The van der Waals surface area contributed by atoms with Gasteiger partial charge in [0.15, 0.2) is 9.84 Å². The van der Waals surface area contributed by atoms with Gasteiger partial charge in [0.25, 0.3) is 0 Å². The van der Waals surface area contributed by atoms with Crippen molar-refractivity contribution in [3.63, 3.8) is 0 Å². The van der Waals surface area contributed by atoms with E-state index in [1.54, 1.807) is 18.2 Å². The van der Waals surface area contributed by atoms with Crippen LogP contribution in [0.1, 0.15) is 16.1 Å². The van der Waals surface area contributed by atoms with Gasteiger partial charge >= 0.3 is 5.97 Å². The van der Waals surface area contributed by atoms with Gasteiger partial charge < -0.3 is 9.52 Å². The van der Waals surface area contributed by atoms with Crippen molar-refractivity contribution in [2.75, 3.05) is 0 Å². The summed E-state index contributed by atoms with van der Waals surface area (Å²) in [5, 5.41) is 8.70. The monoisotopic (exact) mass is 266 g/mol. The Morgan fingerprint density at radius 3 is 2.44 bits per heavy atom. The van der Waals surface area contributed by atoms with Gasteiger partial charge in [0.05, 0.1) is 10.5 Å². The van der Waals surface area contributed by atoms with Crippen LogP contribution >= 0.6 is 0 Å². The van der Waals surface area contributed by atoms with Crippen molar-refractivity contribution in [1.29, 1.82) is 0 Å². The van der Waals surface area contributed by atoms with E-state index in [1.807, 2.05) is 0 Å². The van der Waals surface area contributed by atoms with E-state index < -0.39 is 15.8 Å². The maximum Gasteiger partial charge on any atom is 0.338 e. The summed E-state index contributed by atoms with van der Waals surface area (Å²) in [5.41, 5.74) is -0.0618. The zero-order chi connectivity index (χ0) is 13.2. The Bertz CT molecular complexity index is 655. The minimum absolute atomic E-state index is 0.0618. The number of benzene rings is 1. The Hall–Kier alpha value is -2.08. The number of carbonyl (C=O) groups is 1. The number of sulfone groups is 1. The lowest BCUT2D eigenvalue weighted by Gasteiger charge is -2.01. The first-order valence-corrected chi connectivity index (χ1v) is 6.73. The third-order valence-electron chi connectivity index (χ3n) is 2.34. The molecule has 0 bridgehead atoms. The number of rotatable bonds is 4. The topological polar surface area (TPSA) is 84.6 Å². The third kappa shape index (κ3) is 2.60. The normalized spacial score (nSPS) is 11.3. The first-order chi connectivity index (χ1) is 8.49. The van der Waals surface area contributed by atoms with Crippen molar-refractivity contribution in [2.45, 2.75) is 10.6 Å². The van der Waals surface area contributed by atoms with Gasteiger partial charge in [-0.05, 0) is 18.2 Å². The number of hydrogen-bond donors (Lipinski definition) is 1. The second-order valence-corrected chi connectivity index (χ2v) is 5.67. The van der Waals surface area contributed by atoms with Crippen molar-refractivity contribution in [3.05, 3.63) is 54.0 Å². The second-order valence-electron chi connectivity index (χ2n) is 3.68. The molecule has 0 saturated heterocycles. The van der Waals surface area contributed by atoms with Crippen molar-refractivity contribution >= 4 is 15.8 Å². The lowest BCUT2D eigenvalue weighted by Crippen LogP contribution is -2.04. The van der Waals surface area contributed by atoms with Crippen LogP contribution in [0.2, 0.25) is 0 Å². The maximum atomic E-state index is 12.0. The van der Waals surface area contributed by atoms with Gasteiger partial charge in [0.2, 0.25) is 0 Å². The molecule has 0 atom stereocenters. The average molecular weight is 266 g/mol. The molecule has 0 fully saturated rings. The van der Waals surface area contributed by atoms with E-state index in [2.05, 4.69) is 0 Å². The molecule has 1 N–H and O–H groups in total. The van der Waals surface area contributed by atoms with Crippen LogP contribution in [0.25, 0.3) is 0 Å². The molecule has 6 heteroatoms. The van der Waals surface area contributed by atoms with E-state index in [0.717, 1.165) is 6.26 Å². The Kier molecular flexibility index (Phi) is 3.20. The van der Waals surface area contributed by atoms with Crippen LogP contribution in [0, 0.1) is 0 Å². The first-order valence-electron chi connectivity index (χ1n) is 5.07. The minimum atomic E-state index is -3.51. The third-order valence-corrected chi connectivity index (χ3v) is 3.99. The van der Waals surface area contributed by atoms with Crippen LogP contribution in [0.3, 0.4) is 0 Å². The largest absolute Gasteiger partial charge is 0.478 e. The van der Waals surface area contributed by atoms with E-state index >= 15 is 0 Å². The zero-order valence-electron chi connectivity index (χ0n) is 9.24. The molecule has 1 aromatic carbocycles. The molecule has 5 nitrogen and oxygen atoms in total. The van der Waals surface area contributed by atoms with Gasteiger partial charge in [-0.3, -0.25) is 0 Å². The Balaban J connectivity index is 2.25. The lowest BCUT2D eigenvalue weighted by molar-refractivity contribution is 0.0696. The molecule has 0 spiro atoms. The molecular weight excluding hydrogens is 256 g/mol. The number of aromatic carboxylic acids is 1. The quantitative estimate of drug-likeness (QED) is 0.914. The molecule has 0 aliphatic heterocycles. The van der Waals surface area contributed by atoms with Gasteiger partial charge in [0.1, 0.15) is 17.8 Å². The molecule has 94 valence electrons. The highest BCUT2D eigenvalue weighted by atomic mass is 32.2. The molecule has 0 aliphatic rings. The van der Waals surface area contributed by atoms with Gasteiger partial charge in [-0.25, -0.2) is 13.2 Å². The average Bonchev–Trinajstić information content (AvgIpc) is 2.78. The maximum absolute atomic E-state index is 12.0. The SMILES string of the molecule is O=C(O)c1coc(CS(=O)(=O)c2ccccc2)c1. The van der Waals surface area contributed by atoms with E-state index in [9.17, 15) is 13.2 Å². The van der Waals surface area contributed by atoms with Crippen molar-refractivity contribution in [1.82, 2.24) is 0 Å². The minimum Gasteiger partial charge on any atom is -0.478 e. The van der Waals surface area contributed by atoms with E-state index in [-0.39, 0.29) is 22.0 Å². The smallest absolute Gasteiger partial charge is 0.338 e. The van der Waals surface area contributed by atoms with Gasteiger partial charge in [-0.15, -0.1) is 0 Å². The standard InChI is InChI=1S/C12H10O5S/c13-12(14)9-6-10(17-7-9)8-18(15,16)11-4-2-1-3-5-11/h1-7H,8H2,(H,13,14). The highest BCUT2D eigenvalue weighted by molar-refractivity contribution is 7.90. The zero-order valence-corrected chi connectivity index (χ0v) is 10.1. The van der Waals surface area contributed by atoms with Gasteiger partial charge in [-0.1, -0.05) is 18.2 Å². The number of carboxylic acids is 1. The summed E-state index contributed by atoms with van der Waals surface area (Å²) in [5.74, 6) is -1.40. The molecule has 2 rings (SSSR count). The summed E-state index contributed by atoms with van der Waals surface area (Å²) >= 11 is 0. The molecule has 0 amide bonds. The first kappa shape index (κ1) is 12.4. The Morgan fingerprint density at radius 2 is 1.89 bits per heavy atom. The summed E-state index contributed by atoms with van der Waals surface area (Å²) < 4.78 is 28.9. The fraction of sp³-hybridized carbons (Fsp3) is 0.0833. The van der Waals surface area contributed by atoms with Crippen LogP contribution in [-0.4, -0.2) is 19.5 Å². The number of hydrogen-bond acceptors (Lipinski definition) is 4. The summed E-state index contributed by atoms with van der Waals surface area (Å²) in [6, 6.07) is 9.14. The highest BCUT2D eigenvalue weighted by Gasteiger charge is 2.18. The van der Waals surface area contributed by atoms with Crippen molar-refractivity contribution in [3.8, 4) is 0 Å². The van der Waals surface area contributed by atoms with Crippen LogP contribution in [0.5, 0.6) is 0 Å². The molecule has 2 aromatic rings. The van der Waals surface area contributed by atoms with Crippen molar-refractivity contribution < 1.29 is 22.7 Å². The summed E-state index contributed by atoms with van der Waals surface area (Å²) in [6.45, 7) is 0. The van der Waals surface area contributed by atoms with E-state index in [4.69, 9.17) is 9.52 Å².